The van der Waals surface area contributed by atoms with Crippen molar-refractivity contribution in [2.24, 2.45) is 0 Å². The molecule has 2 nitrogen and oxygen atoms in total. The molecule has 1 aliphatic heterocycles. The van der Waals surface area contributed by atoms with Crippen LogP contribution in [-0.4, -0.2) is 23.9 Å². The first kappa shape index (κ1) is 7.03. The van der Waals surface area contributed by atoms with Gasteiger partial charge in [-0.2, -0.15) is 0 Å². The molecule has 54 valence electrons. The molecule has 1 saturated heterocycles. The lowest BCUT2D eigenvalue weighted by Gasteiger charge is -2.03. The molecule has 0 spiro atoms. The topological polar surface area (TPSA) is 32.8 Å². The van der Waals surface area contributed by atoms with E-state index < -0.39 is 0 Å². The summed E-state index contributed by atoms with van der Waals surface area (Å²) in [6.07, 6.45) is 3.16. The van der Waals surface area contributed by atoms with Crippen molar-refractivity contribution >= 4 is 0 Å². The Bertz CT molecular complexity index is 79.0. The summed E-state index contributed by atoms with van der Waals surface area (Å²) in [4.78, 5) is 0. The molecule has 1 heterocycles. The number of unbranched alkanes of at least 4 members (excludes halogenated alkanes) is 1. The largest absolute Gasteiger partial charge is 0.390 e. The van der Waals surface area contributed by atoms with Gasteiger partial charge in [0, 0.05) is 0 Å². The molecule has 0 aromatic heterocycles. The van der Waals surface area contributed by atoms with E-state index in [1.165, 1.54) is 0 Å². The number of epoxide rings is 1. The zero-order chi connectivity index (χ0) is 6.69. The lowest BCUT2D eigenvalue weighted by atomic mass is 10.1. The highest BCUT2D eigenvalue weighted by molar-refractivity contribution is 4.77. The van der Waals surface area contributed by atoms with E-state index in [1.807, 2.05) is 0 Å². The molecule has 0 saturated carbocycles. The van der Waals surface area contributed by atoms with Crippen LogP contribution in [0.1, 0.15) is 26.2 Å². The molecule has 2 heteroatoms. The van der Waals surface area contributed by atoms with Crippen LogP contribution in [0.5, 0.6) is 0 Å². The van der Waals surface area contributed by atoms with Gasteiger partial charge >= 0.3 is 0 Å². The molecule has 2 atom stereocenters. The van der Waals surface area contributed by atoms with Gasteiger partial charge in [-0.15, -0.1) is 0 Å². The first-order valence-electron chi connectivity index (χ1n) is 3.64. The highest BCUT2D eigenvalue weighted by Crippen LogP contribution is 2.17. The van der Waals surface area contributed by atoms with Gasteiger partial charge in [0.25, 0.3) is 0 Å². The molecular weight excluding hydrogens is 116 g/mol. The molecule has 9 heavy (non-hydrogen) atoms. The Labute approximate surface area is 55.8 Å². The molecule has 0 amide bonds. The van der Waals surface area contributed by atoms with Crippen molar-refractivity contribution in [2.75, 3.05) is 6.61 Å². The Morgan fingerprint density at radius 3 is 2.89 bits per heavy atom. The van der Waals surface area contributed by atoms with Crippen molar-refractivity contribution in [3.63, 3.8) is 0 Å². The van der Waals surface area contributed by atoms with E-state index >= 15 is 0 Å². The number of aliphatic hydroxyl groups is 1. The van der Waals surface area contributed by atoms with Crippen LogP contribution in [0.3, 0.4) is 0 Å². The predicted molar refractivity (Wildman–Crippen MR) is 35.3 cm³/mol. The second-order valence-electron chi connectivity index (χ2n) is 2.58. The minimum atomic E-state index is -0.190. The molecular formula is C7H14O2. The van der Waals surface area contributed by atoms with Crippen molar-refractivity contribution in [2.45, 2.75) is 38.4 Å². The number of aliphatic hydroxyl groups excluding tert-OH is 1. The Kier molecular flexibility index (Phi) is 2.49. The van der Waals surface area contributed by atoms with E-state index in [-0.39, 0.29) is 12.2 Å². The maximum atomic E-state index is 9.20. The van der Waals surface area contributed by atoms with Gasteiger partial charge in [-0.1, -0.05) is 19.8 Å². The van der Waals surface area contributed by atoms with Crippen molar-refractivity contribution < 1.29 is 9.84 Å². The molecule has 0 unspecified atom stereocenters. The number of hydrogen-bond acceptors (Lipinski definition) is 2. The minimum absolute atomic E-state index is 0.177. The van der Waals surface area contributed by atoms with Crippen LogP contribution in [0, 0.1) is 0 Å². The summed E-state index contributed by atoms with van der Waals surface area (Å²) in [5.74, 6) is 0. The summed E-state index contributed by atoms with van der Waals surface area (Å²) < 4.78 is 4.92. The van der Waals surface area contributed by atoms with Gasteiger partial charge in [0.2, 0.25) is 0 Å². The lowest BCUT2D eigenvalue weighted by Crippen LogP contribution is -2.13. The van der Waals surface area contributed by atoms with Gasteiger partial charge in [-0.25, -0.2) is 0 Å². The Hall–Kier alpha value is -0.0800. The summed E-state index contributed by atoms with van der Waals surface area (Å²) >= 11 is 0. The van der Waals surface area contributed by atoms with Gasteiger partial charge in [-0.05, 0) is 6.42 Å². The van der Waals surface area contributed by atoms with Crippen molar-refractivity contribution in [3.05, 3.63) is 0 Å². The SMILES string of the molecule is CCCC[C@@H](O)[C@H]1CO1. The van der Waals surface area contributed by atoms with Gasteiger partial charge in [0.1, 0.15) is 6.10 Å². The average molecular weight is 130 g/mol. The number of rotatable bonds is 4. The highest BCUT2D eigenvalue weighted by atomic mass is 16.6. The number of ether oxygens (including phenoxy) is 1. The molecule has 0 bridgehead atoms. The third-order valence-corrected chi connectivity index (χ3v) is 1.64. The van der Waals surface area contributed by atoms with E-state index in [0.717, 1.165) is 25.9 Å². The minimum Gasteiger partial charge on any atom is -0.390 e. The van der Waals surface area contributed by atoms with E-state index in [1.54, 1.807) is 0 Å². The Balaban J connectivity index is 1.96. The fourth-order valence-corrected chi connectivity index (χ4v) is 0.877. The van der Waals surface area contributed by atoms with Gasteiger partial charge in [0.05, 0.1) is 12.7 Å². The van der Waals surface area contributed by atoms with Crippen LogP contribution in [0.25, 0.3) is 0 Å². The molecule has 1 rings (SSSR count). The fraction of sp³-hybridized carbons (Fsp3) is 1.00. The molecule has 0 aliphatic carbocycles. The standard InChI is InChI=1S/C7H14O2/c1-2-3-4-6(8)7-5-9-7/h6-8H,2-5H2,1H3/t6-,7-/m1/s1. The van der Waals surface area contributed by atoms with Crippen LogP contribution < -0.4 is 0 Å². The summed E-state index contributed by atoms with van der Waals surface area (Å²) in [5, 5.41) is 9.20. The smallest absolute Gasteiger partial charge is 0.107 e. The van der Waals surface area contributed by atoms with Crippen LogP contribution >= 0.6 is 0 Å². The summed E-state index contributed by atoms with van der Waals surface area (Å²) in [7, 11) is 0. The second-order valence-corrected chi connectivity index (χ2v) is 2.58. The van der Waals surface area contributed by atoms with Crippen LogP contribution in [0.15, 0.2) is 0 Å². The summed E-state index contributed by atoms with van der Waals surface area (Å²) in [6, 6.07) is 0. The molecule has 1 aliphatic rings. The quantitative estimate of drug-likeness (QED) is 0.574. The van der Waals surface area contributed by atoms with E-state index in [4.69, 9.17) is 4.74 Å². The van der Waals surface area contributed by atoms with Gasteiger partial charge in [0.15, 0.2) is 0 Å². The maximum absolute atomic E-state index is 9.20. The lowest BCUT2D eigenvalue weighted by molar-refractivity contribution is 0.124. The zero-order valence-electron chi connectivity index (χ0n) is 5.84. The van der Waals surface area contributed by atoms with Gasteiger partial charge in [-0.3, -0.25) is 0 Å². The maximum Gasteiger partial charge on any atom is 0.107 e. The van der Waals surface area contributed by atoms with Crippen LogP contribution in [0.4, 0.5) is 0 Å². The molecule has 1 fully saturated rings. The fourth-order valence-electron chi connectivity index (χ4n) is 0.877. The predicted octanol–water partition coefficient (Wildman–Crippen LogP) is 0.936. The average Bonchev–Trinajstić information content (AvgIpc) is 2.63. The number of hydrogen-bond donors (Lipinski definition) is 1. The Morgan fingerprint density at radius 2 is 2.44 bits per heavy atom. The van der Waals surface area contributed by atoms with Gasteiger partial charge < -0.3 is 9.84 Å². The van der Waals surface area contributed by atoms with Crippen LogP contribution in [-0.2, 0) is 4.74 Å². The van der Waals surface area contributed by atoms with Crippen molar-refractivity contribution in [1.82, 2.24) is 0 Å². The summed E-state index contributed by atoms with van der Waals surface area (Å²) in [6.45, 7) is 2.89. The first-order valence-corrected chi connectivity index (χ1v) is 3.64. The van der Waals surface area contributed by atoms with Crippen molar-refractivity contribution in [1.29, 1.82) is 0 Å². The normalized spacial score (nSPS) is 28.0. The molecule has 0 aromatic carbocycles. The van der Waals surface area contributed by atoms with E-state index in [2.05, 4.69) is 6.92 Å². The first-order chi connectivity index (χ1) is 4.34. The Morgan fingerprint density at radius 1 is 1.78 bits per heavy atom. The monoisotopic (exact) mass is 130 g/mol. The molecule has 0 radical (unpaired) electrons. The van der Waals surface area contributed by atoms with Crippen LogP contribution in [0.2, 0.25) is 0 Å². The zero-order valence-corrected chi connectivity index (χ0v) is 5.84. The highest BCUT2D eigenvalue weighted by Gasteiger charge is 2.30. The third-order valence-electron chi connectivity index (χ3n) is 1.64. The summed E-state index contributed by atoms with van der Waals surface area (Å²) in [5.41, 5.74) is 0. The third kappa shape index (κ3) is 2.33. The van der Waals surface area contributed by atoms with E-state index in [0.29, 0.717) is 0 Å². The second kappa shape index (κ2) is 3.18. The van der Waals surface area contributed by atoms with E-state index in [9.17, 15) is 5.11 Å². The van der Waals surface area contributed by atoms with Crippen molar-refractivity contribution in [3.8, 4) is 0 Å². The molecule has 1 N–H and O–H groups in total. The molecule has 0 aromatic rings.